The number of nitrogens with zero attached hydrogens (tertiary/aromatic N) is 5. The van der Waals surface area contributed by atoms with Gasteiger partial charge in [0.05, 0.1) is 11.9 Å². The molecule has 0 bridgehead atoms. The molecule has 1 aromatic carbocycles. The second-order valence-electron chi connectivity index (χ2n) is 7.84. The van der Waals surface area contributed by atoms with Gasteiger partial charge in [0, 0.05) is 37.8 Å². The van der Waals surface area contributed by atoms with Crippen LogP contribution < -0.4 is 15.5 Å². The van der Waals surface area contributed by atoms with E-state index in [0.717, 1.165) is 23.6 Å². The van der Waals surface area contributed by atoms with Gasteiger partial charge < -0.3 is 15.5 Å². The van der Waals surface area contributed by atoms with Crippen LogP contribution in [0.25, 0.3) is 0 Å². The molecule has 2 N–H and O–H groups in total. The number of benzene rings is 1. The van der Waals surface area contributed by atoms with Crippen molar-refractivity contribution >= 4 is 23.4 Å². The zero-order chi connectivity index (χ0) is 21.3. The minimum Gasteiger partial charge on any atom is -0.350 e. The fourth-order valence-corrected chi connectivity index (χ4v) is 3.57. The Morgan fingerprint density at radius 1 is 1.23 bits per heavy atom. The van der Waals surface area contributed by atoms with E-state index in [1.807, 2.05) is 48.9 Å². The molecule has 3 heterocycles. The summed E-state index contributed by atoms with van der Waals surface area (Å²) in [7, 11) is 1.87. The maximum Gasteiger partial charge on any atom is 0.246 e. The molecule has 156 valence electrons. The highest BCUT2D eigenvalue weighted by Gasteiger charge is 2.30. The van der Waals surface area contributed by atoms with E-state index in [-0.39, 0.29) is 11.9 Å². The molecule has 0 radical (unpaired) electrons. The minimum absolute atomic E-state index is 0.0467. The molecule has 0 spiro atoms. The first-order chi connectivity index (χ1) is 14.4. The van der Waals surface area contributed by atoms with Crippen LogP contribution in [0.15, 0.2) is 42.7 Å². The highest BCUT2D eigenvalue weighted by atomic mass is 16.2. The van der Waals surface area contributed by atoms with E-state index in [4.69, 9.17) is 0 Å². The Morgan fingerprint density at radius 3 is 2.77 bits per heavy atom. The predicted molar refractivity (Wildman–Crippen MR) is 118 cm³/mol. The Morgan fingerprint density at radius 2 is 2.00 bits per heavy atom. The summed E-state index contributed by atoms with van der Waals surface area (Å²) in [6.07, 6.45) is 3.91. The smallest absolute Gasteiger partial charge is 0.246 e. The van der Waals surface area contributed by atoms with Gasteiger partial charge in [0.25, 0.3) is 0 Å². The van der Waals surface area contributed by atoms with Crippen LogP contribution in [0.2, 0.25) is 0 Å². The lowest BCUT2D eigenvalue weighted by Gasteiger charge is -2.32. The maximum absolute atomic E-state index is 12.1. The molecular formula is C22H27N7O. The van der Waals surface area contributed by atoms with E-state index in [1.165, 1.54) is 5.56 Å². The summed E-state index contributed by atoms with van der Waals surface area (Å²) in [4.78, 5) is 23.0. The van der Waals surface area contributed by atoms with Crippen LogP contribution in [0, 0.1) is 6.92 Å². The summed E-state index contributed by atoms with van der Waals surface area (Å²) < 4.78 is 1.97. The number of fused-ring (bicyclic) bond motifs is 1. The average Bonchev–Trinajstić information content (AvgIpc) is 3.19. The first-order valence-corrected chi connectivity index (χ1v) is 10.1. The third kappa shape index (κ3) is 3.98. The van der Waals surface area contributed by atoms with Crippen molar-refractivity contribution in [2.75, 3.05) is 22.6 Å². The standard InChI is InChI=1S/C22H27N7O/c1-14(18-8-6-5-7-9-18)12-29-13-17(11-24-29)10-23-22-25-15(2)19-20(27-22)28(4)16(3)21(30)26-19/h5-9,11,13-14,16H,10,12H2,1-4H3,(H,26,30)(H,23,25,27)/t14-,16+/m1/s1. The molecule has 1 aliphatic rings. The van der Waals surface area contributed by atoms with Crippen LogP contribution in [0.4, 0.5) is 17.5 Å². The van der Waals surface area contributed by atoms with Gasteiger partial charge in [0.1, 0.15) is 11.7 Å². The van der Waals surface area contributed by atoms with Gasteiger partial charge in [-0.25, -0.2) is 4.98 Å². The number of aryl methyl sites for hydroxylation is 1. The van der Waals surface area contributed by atoms with Gasteiger partial charge >= 0.3 is 0 Å². The van der Waals surface area contributed by atoms with Crippen molar-refractivity contribution in [2.24, 2.45) is 0 Å². The van der Waals surface area contributed by atoms with E-state index in [9.17, 15) is 4.79 Å². The van der Waals surface area contributed by atoms with E-state index >= 15 is 0 Å². The predicted octanol–water partition coefficient (Wildman–Crippen LogP) is 3.17. The Balaban J connectivity index is 1.42. The van der Waals surface area contributed by atoms with E-state index in [2.05, 4.69) is 56.9 Å². The first-order valence-electron chi connectivity index (χ1n) is 10.1. The highest BCUT2D eigenvalue weighted by Crippen LogP contribution is 2.32. The van der Waals surface area contributed by atoms with Gasteiger partial charge in [-0.05, 0) is 19.4 Å². The Labute approximate surface area is 176 Å². The molecule has 0 fully saturated rings. The van der Waals surface area contributed by atoms with Gasteiger partial charge in [0.15, 0.2) is 5.82 Å². The van der Waals surface area contributed by atoms with Crippen molar-refractivity contribution in [1.29, 1.82) is 0 Å². The number of amides is 1. The van der Waals surface area contributed by atoms with Crippen LogP contribution in [-0.2, 0) is 17.9 Å². The molecule has 1 amide bonds. The van der Waals surface area contributed by atoms with Crippen LogP contribution in [0.3, 0.4) is 0 Å². The molecule has 8 heteroatoms. The fourth-order valence-electron chi connectivity index (χ4n) is 3.57. The van der Waals surface area contributed by atoms with Gasteiger partial charge in [0.2, 0.25) is 11.9 Å². The lowest BCUT2D eigenvalue weighted by molar-refractivity contribution is -0.117. The van der Waals surface area contributed by atoms with Crippen molar-refractivity contribution < 1.29 is 4.79 Å². The van der Waals surface area contributed by atoms with E-state index in [1.54, 1.807) is 0 Å². The van der Waals surface area contributed by atoms with Crippen LogP contribution in [-0.4, -0.2) is 38.7 Å². The number of rotatable bonds is 6. The summed E-state index contributed by atoms with van der Waals surface area (Å²) in [5.41, 5.74) is 3.77. The molecular weight excluding hydrogens is 378 g/mol. The zero-order valence-corrected chi connectivity index (χ0v) is 17.8. The summed E-state index contributed by atoms with van der Waals surface area (Å²) in [5, 5.41) is 10.7. The molecule has 1 aliphatic heterocycles. The summed E-state index contributed by atoms with van der Waals surface area (Å²) in [5.74, 6) is 1.59. The van der Waals surface area contributed by atoms with E-state index in [0.29, 0.717) is 24.1 Å². The number of carbonyl (C=O) groups is 1. The Kier molecular flexibility index (Phi) is 5.39. The number of carbonyl (C=O) groups excluding carboxylic acids is 1. The number of aromatic nitrogens is 4. The Bertz CT molecular complexity index is 1050. The maximum atomic E-state index is 12.1. The fraction of sp³-hybridized carbons (Fsp3) is 0.364. The van der Waals surface area contributed by atoms with Crippen molar-refractivity contribution in [3.63, 3.8) is 0 Å². The molecule has 3 aromatic rings. The van der Waals surface area contributed by atoms with Crippen molar-refractivity contribution in [3.05, 3.63) is 59.5 Å². The minimum atomic E-state index is -0.274. The summed E-state index contributed by atoms with van der Waals surface area (Å²) in [6, 6.07) is 10.2. The molecule has 0 aliphatic carbocycles. The number of hydrogen-bond donors (Lipinski definition) is 2. The molecule has 2 atom stereocenters. The molecule has 8 nitrogen and oxygen atoms in total. The number of likely N-dealkylation sites (N-methyl/N-ethyl adjacent to an activating group) is 1. The normalized spacial score (nSPS) is 16.7. The van der Waals surface area contributed by atoms with Crippen molar-refractivity contribution in [1.82, 2.24) is 19.7 Å². The molecule has 30 heavy (non-hydrogen) atoms. The van der Waals surface area contributed by atoms with Crippen molar-refractivity contribution in [3.8, 4) is 0 Å². The molecule has 0 saturated heterocycles. The first kappa shape index (κ1) is 19.9. The van der Waals surface area contributed by atoms with E-state index < -0.39 is 0 Å². The molecule has 0 unspecified atom stereocenters. The second-order valence-corrected chi connectivity index (χ2v) is 7.84. The topological polar surface area (TPSA) is 88.0 Å². The molecule has 0 saturated carbocycles. The van der Waals surface area contributed by atoms with Gasteiger partial charge in [-0.1, -0.05) is 37.3 Å². The number of hydrogen-bond acceptors (Lipinski definition) is 6. The highest BCUT2D eigenvalue weighted by molar-refractivity contribution is 6.03. The number of anilines is 3. The van der Waals surface area contributed by atoms with Gasteiger partial charge in [-0.3, -0.25) is 9.48 Å². The SMILES string of the molecule is Cc1nc(NCc2cnn(C[C@@H](C)c3ccccc3)c2)nc2c1NC(=O)[C@H](C)N2C. The third-order valence-corrected chi connectivity index (χ3v) is 5.58. The monoisotopic (exact) mass is 405 g/mol. The Hall–Kier alpha value is -3.42. The summed E-state index contributed by atoms with van der Waals surface area (Å²) >= 11 is 0. The molecule has 4 rings (SSSR count). The van der Waals surface area contributed by atoms with Crippen LogP contribution in [0.5, 0.6) is 0 Å². The quantitative estimate of drug-likeness (QED) is 0.655. The van der Waals surface area contributed by atoms with Gasteiger partial charge in [-0.15, -0.1) is 0 Å². The average molecular weight is 406 g/mol. The number of nitrogens with one attached hydrogen (secondary N) is 2. The van der Waals surface area contributed by atoms with Crippen molar-refractivity contribution in [2.45, 2.75) is 45.8 Å². The zero-order valence-electron chi connectivity index (χ0n) is 17.8. The second kappa shape index (κ2) is 8.14. The third-order valence-electron chi connectivity index (χ3n) is 5.58. The van der Waals surface area contributed by atoms with Gasteiger partial charge in [-0.2, -0.15) is 10.1 Å². The van der Waals surface area contributed by atoms with Crippen LogP contribution in [0.1, 0.15) is 36.6 Å². The van der Waals surface area contributed by atoms with Crippen LogP contribution >= 0.6 is 0 Å². The summed E-state index contributed by atoms with van der Waals surface area (Å²) in [6.45, 7) is 7.33. The lowest BCUT2D eigenvalue weighted by Crippen LogP contribution is -2.44. The lowest BCUT2D eigenvalue weighted by atomic mass is 10.0. The molecule has 2 aromatic heterocycles. The largest absolute Gasteiger partial charge is 0.350 e.